The Hall–Kier alpha value is -5.03. The maximum Gasteiger partial charge on any atom is 0.393 e. The van der Waals surface area contributed by atoms with Crippen LogP contribution in [0, 0.1) is 11.3 Å². The van der Waals surface area contributed by atoms with E-state index in [2.05, 4.69) is 47.9 Å². The second kappa shape index (κ2) is 16.9. The molecule has 4 amide bonds. The maximum atomic E-state index is 14.0. The number of alkyl halides is 3. The largest absolute Gasteiger partial charge is 0.393 e. The number of pyridine rings is 1. The zero-order valence-electron chi connectivity index (χ0n) is 32.6. The Morgan fingerprint density at radius 3 is 2.39 bits per heavy atom. The summed E-state index contributed by atoms with van der Waals surface area (Å²) in [5.74, 6) is -1.13. The fraction of sp³-hybridized carbons (Fsp3) is 0.537. The lowest BCUT2D eigenvalue weighted by Crippen LogP contribution is -2.49. The van der Waals surface area contributed by atoms with Gasteiger partial charge in [0.05, 0.1) is 47.8 Å². The van der Waals surface area contributed by atoms with Crippen molar-refractivity contribution in [2.75, 3.05) is 72.8 Å². The molecule has 5 aliphatic heterocycles. The van der Waals surface area contributed by atoms with E-state index in [-0.39, 0.29) is 53.4 Å². The van der Waals surface area contributed by atoms with E-state index in [1.165, 1.54) is 11.8 Å². The fourth-order valence-electron chi connectivity index (χ4n) is 9.16. The molecule has 1 spiro atoms. The monoisotopic (exact) mass is 836 g/mol. The van der Waals surface area contributed by atoms with Gasteiger partial charge in [0.2, 0.25) is 29.6 Å². The molecule has 0 bridgehead atoms. The van der Waals surface area contributed by atoms with Crippen molar-refractivity contribution in [1.29, 1.82) is 0 Å². The molecule has 59 heavy (non-hydrogen) atoms. The summed E-state index contributed by atoms with van der Waals surface area (Å²) in [7, 11) is 0. The normalized spacial score (nSPS) is 23.1. The summed E-state index contributed by atoms with van der Waals surface area (Å²) in [6.45, 7) is 3.70. The number of hydrogen-bond donors (Lipinski definition) is 3. The Balaban J connectivity index is 0.803. The summed E-state index contributed by atoms with van der Waals surface area (Å²) < 4.78 is 40.4. The van der Waals surface area contributed by atoms with Crippen LogP contribution in [0.25, 0.3) is 0 Å². The number of carbonyl (C=O) groups excluding carboxylic acids is 4. The van der Waals surface area contributed by atoms with E-state index >= 15 is 0 Å². The van der Waals surface area contributed by atoms with Crippen LogP contribution in [0.2, 0.25) is 5.02 Å². The van der Waals surface area contributed by atoms with Crippen molar-refractivity contribution in [3.63, 3.8) is 0 Å². The number of anilines is 5. The van der Waals surface area contributed by atoms with Gasteiger partial charge in [-0.1, -0.05) is 23.7 Å². The van der Waals surface area contributed by atoms with Crippen LogP contribution in [0.15, 0.2) is 48.9 Å². The third-order valence-corrected chi connectivity index (χ3v) is 13.0. The highest BCUT2D eigenvalue weighted by molar-refractivity contribution is 6.32. The van der Waals surface area contributed by atoms with Crippen molar-refractivity contribution in [3.8, 4) is 0 Å². The number of nitrogens with zero attached hydrogens (tertiary/aromatic N) is 7. The van der Waals surface area contributed by atoms with Gasteiger partial charge in [-0.15, -0.1) is 0 Å². The Morgan fingerprint density at radius 2 is 1.66 bits per heavy atom. The van der Waals surface area contributed by atoms with E-state index in [9.17, 15) is 32.3 Å². The zero-order chi connectivity index (χ0) is 41.3. The molecule has 0 saturated carbocycles. The summed E-state index contributed by atoms with van der Waals surface area (Å²) in [5, 5.41) is 8.84. The van der Waals surface area contributed by atoms with E-state index in [1.54, 1.807) is 28.3 Å². The van der Waals surface area contributed by atoms with Crippen molar-refractivity contribution in [2.45, 2.75) is 75.9 Å². The van der Waals surface area contributed by atoms with Crippen molar-refractivity contribution in [2.24, 2.45) is 11.3 Å². The van der Waals surface area contributed by atoms with E-state index in [1.807, 2.05) is 17.0 Å². The SMILES string of the molecule is O=C1CCC(Nc2ccc(C3CCN(CC(=O)N4CCC5(CC4)CCN(c4cncc(Nc6ncc(Cl)c(N7CCC[C@@H](C(F)(F)F)C7)n6)c4)C5=O)CC3)cc2)C(=O)N1. The highest BCUT2D eigenvalue weighted by Gasteiger charge is 2.49. The number of likely N-dealkylation sites (tertiary alicyclic amines) is 2. The second-order valence-electron chi connectivity index (χ2n) is 16.4. The molecular formula is C41H48ClF3N10O4. The van der Waals surface area contributed by atoms with Crippen LogP contribution in [0.5, 0.6) is 0 Å². The molecule has 14 nitrogen and oxygen atoms in total. The van der Waals surface area contributed by atoms with E-state index < -0.39 is 23.6 Å². The minimum Gasteiger partial charge on any atom is -0.374 e. The van der Waals surface area contributed by atoms with Crippen molar-refractivity contribution in [1.82, 2.24) is 30.1 Å². The first-order chi connectivity index (χ1) is 28.3. The van der Waals surface area contributed by atoms with Gasteiger partial charge < -0.3 is 25.3 Å². The van der Waals surface area contributed by atoms with Gasteiger partial charge in [-0.2, -0.15) is 18.2 Å². The van der Waals surface area contributed by atoms with E-state index in [0.29, 0.717) is 88.5 Å². The van der Waals surface area contributed by atoms with Crippen molar-refractivity contribution in [3.05, 3.63) is 59.5 Å². The lowest BCUT2D eigenvalue weighted by molar-refractivity contribution is -0.176. The van der Waals surface area contributed by atoms with Crippen LogP contribution in [0.3, 0.4) is 0 Å². The number of amides is 4. The van der Waals surface area contributed by atoms with Gasteiger partial charge in [0, 0.05) is 44.8 Å². The summed E-state index contributed by atoms with van der Waals surface area (Å²) >= 11 is 6.35. The number of halogens is 4. The highest BCUT2D eigenvalue weighted by atomic mass is 35.5. The molecule has 5 fully saturated rings. The third-order valence-electron chi connectivity index (χ3n) is 12.7. The van der Waals surface area contributed by atoms with Crippen molar-refractivity contribution < 1.29 is 32.3 Å². The van der Waals surface area contributed by atoms with Crippen molar-refractivity contribution >= 4 is 64.1 Å². The summed E-state index contributed by atoms with van der Waals surface area (Å²) in [6.07, 6.45) is 5.20. The molecule has 3 aromatic rings. The minimum absolute atomic E-state index is 0.0137. The van der Waals surface area contributed by atoms with Gasteiger partial charge in [0.15, 0.2) is 5.82 Å². The molecule has 0 radical (unpaired) electrons. The molecule has 1 aromatic carbocycles. The predicted molar refractivity (Wildman–Crippen MR) is 215 cm³/mol. The zero-order valence-corrected chi connectivity index (χ0v) is 33.4. The number of benzene rings is 1. The molecule has 7 heterocycles. The number of nitrogens with one attached hydrogen (secondary N) is 3. The molecule has 18 heteroatoms. The van der Waals surface area contributed by atoms with Crippen LogP contribution in [0.4, 0.5) is 42.0 Å². The molecule has 3 N–H and O–H groups in total. The first kappa shape index (κ1) is 40.7. The fourth-order valence-corrected chi connectivity index (χ4v) is 9.37. The number of rotatable bonds is 9. The molecule has 2 aromatic heterocycles. The molecule has 314 valence electrons. The van der Waals surface area contributed by atoms with Crippen LogP contribution >= 0.6 is 11.6 Å². The predicted octanol–water partition coefficient (Wildman–Crippen LogP) is 5.49. The Kier molecular flexibility index (Phi) is 11.7. The smallest absolute Gasteiger partial charge is 0.374 e. The van der Waals surface area contributed by atoms with Crippen LogP contribution in [0.1, 0.15) is 69.3 Å². The lowest BCUT2D eigenvalue weighted by Gasteiger charge is -2.39. The van der Waals surface area contributed by atoms with E-state index in [0.717, 1.165) is 31.6 Å². The molecule has 5 saturated heterocycles. The summed E-state index contributed by atoms with van der Waals surface area (Å²) in [5.41, 5.74) is 2.63. The average molecular weight is 837 g/mol. The topological polar surface area (TPSA) is 156 Å². The number of hydrogen-bond acceptors (Lipinski definition) is 11. The maximum absolute atomic E-state index is 14.0. The quantitative estimate of drug-likeness (QED) is 0.235. The lowest BCUT2D eigenvalue weighted by atomic mass is 9.77. The van der Waals surface area contributed by atoms with Gasteiger partial charge in [-0.25, -0.2) is 4.98 Å². The first-order valence-electron chi connectivity index (χ1n) is 20.4. The number of carbonyl (C=O) groups is 4. The number of imide groups is 1. The van der Waals surface area contributed by atoms with Gasteiger partial charge >= 0.3 is 6.18 Å². The Labute approximate surface area is 345 Å². The second-order valence-corrected chi connectivity index (χ2v) is 16.8. The Morgan fingerprint density at radius 1 is 0.915 bits per heavy atom. The highest BCUT2D eigenvalue weighted by Crippen LogP contribution is 2.44. The molecule has 5 aliphatic rings. The van der Waals surface area contributed by atoms with Gasteiger partial charge in [-0.3, -0.25) is 34.4 Å². The van der Waals surface area contributed by atoms with Gasteiger partial charge in [-0.05, 0) is 94.1 Å². The van der Waals surface area contributed by atoms with Gasteiger partial charge in [0.25, 0.3) is 0 Å². The van der Waals surface area contributed by atoms with Crippen LogP contribution in [-0.2, 0) is 19.2 Å². The molecule has 1 unspecified atom stereocenters. The minimum atomic E-state index is -4.30. The van der Waals surface area contributed by atoms with Gasteiger partial charge in [0.1, 0.15) is 11.1 Å². The standard InChI is InChI=1S/C41H48ClF3N10O4/c42-32-23-47-39(51-36(32)54-14-1-2-28(24-54)41(43,44)45)49-30-20-31(22-46-21-30)55-19-13-40(38(55)59)11-17-53(18-12-40)35(57)25-52-15-9-27(10-16-52)26-3-5-29(6-4-26)48-33-7-8-34(56)50-37(33)58/h3-6,20-23,27-28,33,48H,1-2,7-19,24-25H2,(H,47,49,51)(H,50,56,58)/t28-,33?/m1/s1. The average Bonchev–Trinajstić information content (AvgIpc) is 3.54. The molecular weight excluding hydrogens is 789 g/mol. The number of aromatic nitrogens is 3. The molecule has 0 aliphatic carbocycles. The molecule has 2 atom stereocenters. The first-order valence-corrected chi connectivity index (χ1v) is 20.8. The molecule has 8 rings (SSSR count). The Bertz CT molecular complexity index is 2060. The summed E-state index contributed by atoms with van der Waals surface area (Å²) in [4.78, 5) is 71.4. The van der Waals surface area contributed by atoms with E-state index in [4.69, 9.17) is 11.6 Å². The summed E-state index contributed by atoms with van der Waals surface area (Å²) in [6, 6.07) is 9.48. The van der Waals surface area contributed by atoms with Crippen LogP contribution in [-0.4, -0.2) is 113 Å². The van der Waals surface area contributed by atoms with Crippen LogP contribution < -0.4 is 25.8 Å². The third kappa shape index (κ3) is 9.10. The number of piperidine rings is 4.